The summed E-state index contributed by atoms with van der Waals surface area (Å²) < 4.78 is 39.6. The molecule has 0 unspecified atom stereocenters. The largest absolute Gasteiger partial charge is 0.437 e. The SMILES string of the molecule is Cc1ccc2c(oc3nc(F)cc(F)c32)c1-c1n(-c2c(C(C)C)cccc2C(C)C)c2ccccc2[n+]1C. The lowest BCUT2D eigenvalue weighted by atomic mass is 9.92. The van der Waals surface area contributed by atoms with Gasteiger partial charge >= 0.3 is 0 Å². The zero-order chi connectivity index (χ0) is 26.9. The van der Waals surface area contributed by atoms with Crippen molar-refractivity contribution in [2.45, 2.75) is 46.5 Å². The number of benzene rings is 3. The van der Waals surface area contributed by atoms with Crippen LogP contribution >= 0.6 is 0 Å². The number of pyridine rings is 1. The van der Waals surface area contributed by atoms with Gasteiger partial charge in [-0.15, -0.1) is 0 Å². The molecule has 0 bridgehead atoms. The van der Waals surface area contributed by atoms with Gasteiger partial charge in [0, 0.05) is 22.6 Å². The zero-order valence-electron chi connectivity index (χ0n) is 22.4. The van der Waals surface area contributed by atoms with E-state index < -0.39 is 11.8 Å². The molecule has 38 heavy (non-hydrogen) atoms. The van der Waals surface area contributed by atoms with Crippen LogP contribution in [-0.4, -0.2) is 9.55 Å². The van der Waals surface area contributed by atoms with Crippen molar-refractivity contribution in [2.24, 2.45) is 7.05 Å². The first-order valence-electron chi connectivity index (χ1n) is 13.0. The van der Waals surface area contributed by atoms with Crippen molar-refractivity contribution < 1.29 is 17.8 Å². The highest BCUT2D eigenvalue weighted by atomic mass is 19.1. The molecule has 0 saturated heterocycles. The third kappa shape index (κ3) is 3.46. The summed E-state index contributed by atoms with van der Waals surface area (Å²) in [5, 5.41) is 0.766. The van der Waals surface area contributed by atoms with Gasteiger partial charge in [0.2, 0.25) is 11.7 Å². The molecule has 192 valence electrons. The van der Waals surface area contributed by atoms with Crippen LogP contribution in [0.1, 0.15) is 56.2 Å². The van der Waals surface area contributed by atoms with E-state index >= 15 is 0 Å². The lowest BCUT2D eigenvalue weighted by Crippen LogP contribution is -2.30. The van der Waals surface area contributed by atoms with Gasteiger partial charge in [0.15, 0.2) is 16.6 Å². The molecule has 0 saturated carbocycles. The number of furan rings is 1. The summed E-state index contributed by atoms with van der Waals surface area (Å²) in [4.78, 5) is 3.87. The minimum atomic E-state index is -0.903. The van der Waals surface area contributed by atoms with Crippen molar-refractivity contribution in [3.8, 4) is 17.1 Å². The van der Waals surface area contributed by atoms with Gasteiger partial charge in [0.25, 0.3) is 5.82 Å². The molecular weight excluding hydrogens is 480 g/mol. The monoisotopic (exact) mass is 510 g/mol. The summed E-state index contributed by atoms with van der Waals surface area (Å²) in [5.41, 5.74) is 7.97. The van der Waals surface area contributed by atoms with Crippen molar-refractivity contribution in [3.63, 3.8) is 0 Å². The molecule has 0 fully saturated rings. The number of aryl methyl sites for hydroxylation is 2. The molecule has 0 aliphatic heterocycles. The van der Waals surface area contributed by atoms with Gasteiger partial charge < -0.3 is 4.42 Å². The quantitative estimate of drug-likeness (QED) is 0.177. The van der Waals surface area contributed by atoms with Crippen LogP contribution in [0.4, 0.5) is 8.78 Å². The van der Waals surface area contributed by atoms with E-state index in [9.17, 15) is 8.78 Å². The van der Waals surface area contributed by atoms with Crippen LogP contribution < -0.4 is 4.57 Å². The number of para-hydroxylation sites is 3. The van der Waals surface area contributed by atoms with Gasteiger partial charge in [0.1, 0.15) is 17.1 Å². The predicted molar refractivity (Wildman–Crippen MR) is 148 cm³/mol. The van der Waals surface area contributed by atoms with Gasteiger partial charge in [-0.25, -0.2) is 8.96 Å². The van der Waals surface area contributed by atoms with Crippen LogP contribution in [0.25, 0.3) is 50.2 Å². The highest BCUT2D eigenvalue weighted by Gasteiger charge is 2.33. The average molecular weight is 511 g/mol. The number of nitrogens with zero attached hydrogens (tertiary/aromatic N) is 3. The normalized spacial score (nSPS) is 12.2. The third-order valence-corrected chi connectivity index (χ3v) is 7.54. The highest BCUT2D eigenvalue weighted by Crippen LogP contribution is 2.41. The Hall–Kier alpha value is -4.06. The predicted octanol–water partition coefficient (Wildman–Crippen LogP) is 8.25. The number of aromatic nitrogens is 3. The maximum Gasteiger partial charge on any atom is 0.299 e. The van der Waals surface area contributed by atoms with Crippen molar-refractivity contribution in [1.82, 2.24) is 9.55 Å². The van der Waals surface area contributed by atoms with Crippen LogP contribution in [0, 0.1) is 18.7 Å². The second-order valence-corrected chi connectivity index (χ2v) is 10.6. The Balaban J connectivity index is 1.84. The lowest BCUT2D eigenvalue weighted by molar-refractivity contribution is -0.633. The summed E-state index contributed by atoms with van der Waals surface area (Å²) in [7, 11) is 2.04. The van der Waals surface area contributed by atoms with Crippen LogP contribution in [-0.2, 0) is 7.05 Å². The fraction of sp³-hybridized carbons (Fsp3) is 0.250. The zero-order valence-corrected chi connectivity index (χ0v) is 22.4. The van der Waals surface area contributed by atoms with Gasteiger partial charge in [-0.05, 0) is 42.5 Å². The van der Waals surface area contributed by atoms with Crippen LogP contribution in [0.3, 0.4) is 0 Å². The summed E-state index contributed by atoms with van der Waals surface area (Å²) in [6, 6.07) is 19.4. The summed E-state index contributed by atoms with van der Waals surface area (Å²) in [6.45, 7) is 10.9. The first-order chi connectivity index (χ1) is 18.2. The molecule has 0 aliphatic carbocycles. The number of hydrogen-bond donors (Lipinski definition) is 0. The topological polar surface area (TPSA) is 34.8 Å². The van der Waals surface area contributed by atoms with Gasteiger partial charge in [-0.3, -0.25) is 0 Å². The fourth-order valence-corrected chi connectivity index (χ4v) is 5.73. The van der Waals surface area contributed by atoms with E-state index in [2.05, 4.69) is 72.1 Å². The van der Waals surface area contributed by atoms with Crippen LogP contribution in [0.15, 0.2) is 65.1 Å². The Morgan fingerprint density at radius 3 is 2.26 bits per heavy atom. The first-order valence-corrected chi connectivity index (χ1v) is 13.0. The van der Waals surface area contributed by atoms with E-state index in [0.29, 0.717) is 11.0 Å². The van der Waals surface area contributed by atoms with Crippen LogP contribution in [0.5, 0.6) is 0 Å². The van der Waals surface area contributed by atoms with Crippen molar-refractivity contribution in [2.75, 3.05) is 0 Å². The second kappa shape index (κ2) is 8.76. The van der Waals surface area contributed by atoms with Gasteiger partial charge in [-0.2, -0.15) is 13.9 Å². The Kier molecular flexibility index (Phi) is 5.60. The smallest absolute Gasteiger partial charge is 0.299 e. The van der Waals surface area contributed by atoms with E-state index in [4.69, 9.17) is 4.42 Å². The molecule has 0 atom stereocenters. The molecule has 0 radical (unpaired) electrons. The average Bonchev–Trinajstić information content (AvgIpc) is 3.38. The number of hydrogen-bond acceptors (Lipinski definition) is 2. The molecule has 4 nitrogen and oxygen atoms in total. The molecule has 0 amide bonds. The molecule has 3 heterocycles. The lowest BCUT2D eigenvalue weighted by Gasteiger charge is -2.18. The minimum Gasteiger partial charge on any atom is -0.437 e. The molecule has 3 aromatic carbocycles. The molecule has 6 rings (SSSR count). The summed E-state index contributed by atoms with van der Waals surface area (Å²) in [6.07, 6.45) is 0. The maximum atomic E-state index is 15.0. The molecule has 3 aromatic heterocycles. The van der Waals surface area contributed by atoms with E-state index in [0.717, 1.165) is 39.7 Å². The third-order valence-electron chi connectivity index (χ3n) is 7.54. The van der Waals surface area contributed by atoms with E-state index in [1.165, 1.54) is 11.1 Å². The van der Waals surface area contributed by atoms with Crippen molar-refractivity contribution in [3.05, 3.63) is 89.1 Å². The molecule has 0 N–H and O–H groups in total. The minimum absolute atomic E-state index is 0.0416. The first kappa shape index (κ1) is 24.3. The van der Waals surface area contributed by atoms with Crippen molar-refractivity contribution in [1.29, 1.82) is 0 Å². The van der Waals surface area contributed by atoms with E-state index in [1.54, 1.807) is 0 Å². The molecular formula is C32H30F2N3O+. The number of fused-ring (bicyclic) bond motifs is 4. The number of halogens is 2. The summed E-state index contributed by atoms with van der Waals surface area (Å²) >= 11 is 0. The summed E-state index contributed by atoms with van der Waals surface area (Å²) in [5.74, 6) is -0.110. The molecule has 6 aromatic rings. The van der Waals surface area contributed by atoms with Crippen LogP contribution in [0.2, 0.25) is 0 Å². The van der Waals surface area contributed by atoms with Crippen molar-refractivity contribution >= 4 is 33.1 Å². The molecule has 6 heteroatoms. The Labute approximate surface area is 220 Å². The standard InChI is InChI=1S/C32H30F2N3O/c1-17(2)20-10-9-11-21(18(3)4)29(20)37-25-13-8-7-12-24(25)36(6)32(37)27-19(5)14-15-22-28-23(33)16-26(34)35-31(28)38-30(22)27/h7-18H,1-6H3/q+1. The Bertz CT molecular complexity index is 1850. The Morgan fingerprint density at radius 1 is 0.895 bits per heavy atom. The number of imidazole rings is 1. The molecule has 0 aliphatic rings. The maximum absolute atomic E-state index is 15.0. The van der Waals surface area contributed by atoms with E-state index in [-0.39, 0.29) is 22.9 Å². The number of rotatable bonds is 4. The highest BCUT2D eigenvalue weighted by molar-refractivity contribution is 6.09. The fourth-order valence-electron chi connectivity index (χ4n) is 5.73. The Morgan fingerprint density at radius 2 is 1.58 bits per heavy atom. The van der Waals surface area contributed by atoms with Gasteiger partial charge in [0.05, 0.1) is 12.4 Å². The second-order valence-electron chi connectivity index (χ2n) is 10.6. The van der Waals surface area contributed by atoms with Gasteiger partial charge in [-0.1, -0.05) is 64.1 Å². The molecule has 0 spiro atoms. The van der Waals surface area contributed by atoms with E-state index in [1.807, 2.05) is 38.2 Å².